The molecule has 5 aliphatic carbocycles. The van der Waals surface area contributed by atoms with Crippen LogP contribution in [0.2, 0.25) is 0 Å². The SMILES string of the molecule is CC(=O)O[C@@H](C1CCC2C(CC3C4CCC5C(C)(C)[C@@H](OC(=O)NC6COC6)CCC56C[C@@]46CCC23C)O1)C(C)(C)O.[HH]. The van der Waals surface area contributed by atoms with Crippen LogP contribution in [-0.4, -0.2) is 66.4 Å². The van der Waals surface area contributed by atoms with Crippen LogP contribution in [0.25, 0.3) is 0 Å². The van der Waals surface area contributed by atoms with Crippen LogP contribution in [0.15, 0.2) is 0 Å². The first kappa shape index (κ1) is 29.3. The number of carbonyl (C=O) groups excluding carboxylic acids is 2. The summed E-state index contributed by atoms with van der Waals surface area (Å²) in [5.74, 6) is 2.14. The number of nitrogens with one attached hydrogen (secondary N) is 1. The number of ether oxygens (including phenoxy) is 4. The van der Waals surface area contributed by atoms with E-state index in [4.69, 9.17) is 18.9 Å². The van der Waals surface area contributed by atoms with Crippen molar-refractivity contribution in [3.05, 3.63) is 0 Å². The van der Waals surface area contributed by atoms with Crippen molar-refractivity contribution in [2.24, 2.45) is 45.3 Å². The van der Waals surface area contributed by atoms with Gasteiger partial charge in [0.15, 0.2) is 6.10 Å². The lowest BCUT2D eigenvalue weighted by molar-refractivity contribution is -0.200. The molecule has 1 amide bonds. The predicted molar refractivity (Wildman–Crippen MR) is 158 cm³/mol. The van der Waals surface area contributed by atoms with Gasteiger partial charge in [-0.3, -0.25) is 4.79 Å². The van der Waals surface area contributed by atoms with E-state index in [9.17, 15) is 14.7 Å². The molecule has 8 unspecified atom stereocenters. The van der Waals surface area contributed by atoms with Gasteiger partial charge in [-0.25, -0.2) is 4.79 Å². The van der Waals surface area contributed by atoms with Crippen molar-refractivity contribution in [3.63, 3.8) is 0 Å². The quantitative estimate of drug-likeness (QED) is 0.401. The fourth-order valence-corrected chi connectivity index (χ4v) is 12.2. The van der Waals surface area contributed by atoms with E-state index in [2.05, 4.69) is 26.1 Å². The van der Waals surface area contributed by atoms with E-state index in [0.29, 0.717) is 41.8 Å². The third-order valence-electron chi connectivity index (χ3n) is 14.1. The Balaban J connectivity index is 0.00000329. The molecule has 7 rings (SSSR count). The highest BCUT2D eigenvalue weighted by Gasteiger charge is 2.81. The molecule has 2 spiro atoms. The van der Waals surface area contributed by atoms with Crippen LogP contribution in [0.5, 0.6) is 0 Å². The van der Waals surface area contributed by atoms with Crippen molar-refractivity contribution < 1.29 is 35.1 Å². The topological polar surface area (TPSA) is 103 Å². The van der Waals surface area contributed by atoms with E-state index >= 15 is 0 Å². The first-order valence-electron chi connectivity index (χ1n) is 16.8. The molecule has 8 nitrogen and oxygen atoms in total. The number of fused-ring (bicyclic) bond motifs is 4. The lowest BCUT2D eigenvalue weighted by Gasteiger charge is -2.59. The summed E-state index contributed by atoms with van der Waals surface area (Å²) in [6, 6.07) is 0.0891. The second-order valence-electron chi connectivity index (χ2n) is 16.8. The molecule has 238 valence electrons. The van der Waals surface area contributed by atoms with Crippen LogP contribution in [0.1, 0.15) is 107 Å². The zero-order chi connectivity index (χ0) is 29.9. The van der Waals surface area contributed by atoms with Crippen molar-refractivity contribution in [2.45, 2.75) is 142 Å². The fourth-order valence-electron chi connectivity index (χ4n) is 12.2. The molecule has 42 heavy (non-hydrogen) atoms. The standard InChI is InChI=1S/C34H53NO7.H2/c1-19(36)40-28(31(4,5)38)24-9-7-22-25(41-24)15-23-21-8-10-26-30(2,3)27(42-29(37)35-20-16-39-17-20)11-12-34(26)18-33(21,34)14-13-32(22,23)6;/h20-28,38H,7-18H2,1-6H3,(H,35,37);1H/t21?,22?,23?,24?,25?,26?,27-,28-,32?,33-,34?;/m0./s1. The molecule has 0 aromatic rings. The monoisotopic (exact) mass is 589 g/mol. The number of esters is 1. The second-order valence-corrected chi connectivity index (χ2v) is 16.8. The van der Waals surface area contributed by atoms with E-state index in [-0.39, 0.29) is 48.7 Å². The van der Waals surface area contributed by atoms with Crippen LogP contribution in [0.4, 0.5) is 4.79 Å². The molecule has 0 aromatic heterocycles. The Labute approximate surface area is 252 Å². The Kier molecular flexibility index (Phi) is 6.68. The fraction of sp³-hybridized carbons (Fsp3) is 0.941. The molecule has 7 aliphatic rings. The van der Waals surface area contributed by atoms with E-state index in [1.807, 2.05) is 0 Å². The molecule has 2 N–H and O–H groups in total. The summed E-state index contributed by atoms with van der Waals surface area (Å²) >= 11 is 0. The van der Waals surface area contributed by atoms with Crippen molar-refractivity contribution in [2.75, 3.05) is 13.2 Å². The summed E-state index contributed by atoms with van der Waals surface area (Å²) in [6.07, 6.45) is 10.5. The van der Waals surface area contributed by atoms with Gasteiger partial charge in [-0.1, -0.05) is 20.8 Å². The van der Waals surface area contributed by atoms with Gasteiger partial charge in [-0.05, 0) is 118 Å². The van der Waals surface area contributed by atoms with Gasteiger partial charge in [0.2, 0.25) is 0 Å². The molecule has 2 heterocycles. The Morgan fingerprint density at radius 3 is 2.38 bits per heavy atom. The number of alkyl carbamates (subject to hydrolysis) is 1. The second kappa shape index (κ2) is 9.56. The van der Waals surface area contributed by atoms with E-state index in [1.54, 1.807) is 13.8 Å². The van der Waals surface area contributed by atoms with Crippen LogP contribution in [-0.2, 0) is 23.7 Å². The van der Waals surface area contributed by atoms with Crippen LogP contribution in [0, 0.1) is 45.3 Å². The maximum atomic E-state index is 12.7. The van der Waals surface area contributed by atoms with Crippen LogP contribution in [0.3, 0.4) is 0 Å². The summed E-state index contributed by atoms with van der Waals surface area (Å²) in [5, 5.41) is 13.8. The highest BCUT2D eigenvalue weighted by Crippen LogP contribution is 2.87. The van der Waals surface area contributed by atoms with Crippen LogP contribution < -0.4 is 5.32 Å². The number of hydrogen-bond donors (Lipinski definition) is 2. The molecule has 11 atom stereocenters. The van der Waals surface area contributed by atoms with Gasteiger partial charge in [-0.15, -0.1) is 0 Å². The number of hydrogen-bond acceptors (Lipinski definition) is 7. The summed E-state index contributed by atoms with van der Waals surface area (Å²) in [5.41, 5.74) is -0.0921. The lowest BCUT2D eigenvalue weighted by atomic mass is 9.46. The number of rotatable bonds is 5. The summed E-state index contributed by atoms with van der Waals surface area (Å²) in [4.78, 5) is 24.6. The van der Waals surface area contributed by atoms with Crippen LogP contribution >= 0.6 is 0 Å². The third-order valence-corrected chi connectivity index (χ3v) is 14.1. The van der Waals surface area contributed by atoms with Crippen molar-refractivity contribution in [3.8, 4) is 0 Å². The maximum absolute atomic E-state index is 12.7. The normalized spacial score (nSPS) is 47.7. The average Bonchev–Trinajstić information content (AvgIpc) is 3.46. The minimum Gasteiger partial charge on any atom is -0.457 e. The van der Waals surface area contributed by atoms with Gasteiger partial charge in [0.25, 0.3) is 0 Å². The highest BCUT2D eigenvalue weighted by molar-refractivity contribution is 5.68. The largest absolute Gasteiger partial charge is 0.457 e. The summed E-state index contributed by atoms with van der Waals surface area (Å²) < 4.78 is 23.8. The minimum atomic E-state index is -1.15. The van der Waals surface area contributed by atoms with E-state index < -0.39 is 11.7 Å². The molecule has 0 radical (unpaired) electrons. The molecule has 7 fully saturated rings. The van der Waals surface area contributed by atoms with E-state index in [0.717, 1.165) is 31.6 Å². The van der Waals surface area contributed by atoms with Gasteiger partial charge in [0.05, 0.1) is 37.1 Å². The molecule has 2 saturated heterocycles. The third kappa shape index (κ3) is 4.16. The highest BCUT2D eigenvalue weighted by atomic mass is 16.6. The van der Waals surface area contributed by atoms with Gasteiger partial charge in [0.1, 0.15) is 6.10 Å². The Hall–Kier alpha value is -1.38. The molecular formula is C34H55NO7. The molecule has 5 saturated carbocycles. The molecule has 0 bridgehead atoms. The van der Waals surface area contributed by atoms with Gasteiger partial charge < -0.3 is 29.4 Å². The van der Waals surface area contributed by atoms with Gasteiger partial charge in [0, 0.05) is 13.8 Å². The summed E-state index contributed by atoms with van der Waals surface area (Å²) in [6.45, 7) is 13.3. The lowest BCUT2D eigenvalue weighted by Crippen LogP contribution is -2.56. The van der Waals surface area contributed by atoms with Crippen molar-refractivity contribution in [1.29, 1.82) is 0 Å². The molecule has 0 aromatic carbocycles. The molecule has 2 aliphatic heterocycles. The Morgan fingerprint density at radius 2 is 1.71 bits per heavy atom. The number of amides is 1. The van der Waals surface area contributed by atoms with E-state index in [1.165, 1.54) is 45.4 Å². The predicted octanol–water partition coefficient (Wildman–Crippen LogP) is 5.64. The van der Waals surface area contributed by atoms with Gasteiger partial charge in [-0.2, -0.15) is 0 Å². The summed E-state index contributed by atoms with van der Waals surface area (Å²) in [7, 11) is 0. The first-order chi connectivity index (χ1) is 19.7. The zero-order valence-corrected chi connectivity index (χ0v) is 26.6. The Bertz CT molecular complexity index is 1120. The average molecular weight is 590 g/mol. The maximum Gasteiger partial charge on any atom is 0.407 e. The smallest absolute Gasteiger partial charge is 0.407 e. The zero-order valence-electron chi connectivity index (χ0n) is 26.6. The van der Waals surface area contributed by atoms with Gasteiger partial charge >= 0.3 is 12.1 Å². The minimum absolute atomic E-state index is 0. The molecule has 8 heteroatoms. The Morgan fingerprint density at radius 1 is 0.976 bits per heavy atom. The van der Waals surface area contributed by atoms with Crippen molar-refractivity contribution >= 4 is 12.1 Å². The number of aliphatic hydroxyl groups is 1. The number of carbonyl (C=O) groups is 2. The van der Waals surface area contributed by atoms with Crippen molar-refractivity contribution in [1.82, 2.24) is 5.32 Å². The first-order valence-corrected chi connectivity index (χ1v) is 16.8. The molecular weight excluding hydrogens is 534 g/mol.